The number of alkyl halides is 3. The Morgan fingerprint density at radius 3 is 2.78 bits per heavy atom. The number of H-pyrrole nitrogens is 1. The summed E-state index contributed by atoms with van der Waals surface area (Å²) in [6.07, 6.45) is -4.68. The van der Waals surface area contributed by atoms with Crippen LogP contribution in [0.5, 0.6) is 0 Å². The maximum Gasteiger partial charge on any atom is 0.435 e. The molecule has 146 valence electrons. The normalized spacial score (nSPS) is 15.6. The SMILES string of the molecule is N[C@@H](CC(=O)N1CCc2c(C(F)(F)F)n[nH]c2C1)Cc1cc(F)ccc1F. The molecular formula is C17H17F5N4O. The lowest BCUT2D eigenvalue weighted by molar-refractivity contribution is -0.141. The zero-order valence-electron chi connectivity index (χ0n) is 14.1. The lowest BCUT2D eigenvalue weighted by atomic mass is 10.0. The molecule has 0 fully saturated rings. The largest absolute Gasteiger partial charge is 0.435 e. The molecule has 0 spiro atoms. The standard InChI is InChI=1S/C17H17F5N4O/c18-10-1-2-13(19)9(5-10)6-11(23)7-15(27)26-4-3-12-14(8-26)24-25-16(12)17(20,21)22/h1-2,5,11H,3-4,6-8,23H2,(H,24,25)/t11-/m1/s1. The third-order valence-electron chi connectivity index (χ3n) is 4.48. The summed E-state index contributed by atoms with van der Waals surface area (Å²) >= 11 is 0. The van der Waals surface area contributed by atoms with Gasteiger partial charge >= 0.3 is 6.18 Å². The van der Waals surface area contributed by atoms with Gasteiger partial charge in [-0.1, -0.05) is 0 Å². The molecule has 0 bridgehead atoms. The Labute approximate surface area is 151 Å². The molecule has 1 aromatic heterocycles. The molecule has 0 saturated heterocycles. The summed E-state index contributed by atoms with van der Waals surface area (Å²) in [6, 6.07) is 2.25. The van der Waals surface area contributed by atoms with Crippen molar-refractivity contribution in [3.05, 3.63) is 52.3 Å². The third kappa shape index (κ3) is 4.26. The summed E-state index contributed by atoms with van der Waals surface area (Å²) in [7, 11) is 0. The van der Waals surface area contributed by atoms with Gasteiger partial charge in [0.15, 0.2) is 5.69 Å². The Balaban J connectivity index is 1.62. The minimum absolute atomic E-state index is 0.0280. The molecule has 3 rings (SSSR count). The van der Waals surface area contributed by atoms with E-state index in [4.69, 9.17) is 5.73 Å². The Morgan fingerprint density at radius 2 is 2.07 bits per heavy atom. The fourth-order valence-corrected chi connectivity index (χ4v) is 3.17. The van der Waals surface area contributed by atoms with Gasteiger partial charge in [0.2, 0.25) is 5.91 Å². The van der Waals surface area contributed by atoms with Gasteiger partial charge in [0.05, 0.1) is 12.2 Å². The molecule has 0 unspecified atom stereocenters. The number of hydrogen-bond acceptors (Lipinski definition) is 3. The first-order valence-electron chi connectivity index (χ1n) is 8.25. The van der Waals surface area contributed by atoms with E-state index in [1.54, 1.807) is 0 Å². The molecule has 2 heterocycles. The third-order valence-corrected chi connectivity index (χ3v) is 4.48. The van der Waals surface area contributed by atoms with Crippen molar-refractivity contribution in [2.24, 2.45) is 5.73 Å². The number of carbonyl (C=O) groups is 1. The summed E-state index contributed by atoms with van der Waals surface area (Å²) < 4.78 is 65.5. The summed E-state index contributed by atoms with van der Waals surface area (Å²) in [6.45, 7) is 0.0772. The van der Waals surface area contributed by atoms with Crippen molar-refractivity contribution in [1.82, 2.24) is 15.1 Å². The highest BCUT2D eigenvalue weighted by atomic mass is 19.4. The fourth-order valence-electron chi connectivity index (χ4n) is 3.17. The van der Waals surface area contributed by atoms with Gasteiger partial charge in [0.1, 0.15) is 11.6 Å². The lowest BCUT2D eigenvalue weighted by Gasteiger charge is -2.28. The van der Waals surface area contributed by atoms with E-state index in [0.717, 1.165) is 18.2 Å². The van der Waals surface area contributed by atoms with E-state index in [1.807, 2.05) is 0 Å². The van der Waals surface area contributed by atoms with Gasteiger partial charge in [-0.15, -0.1) is 0 Å². The van der Waals surface area contributed by atoms with Gasteiger partial charge in [0.25, 0.3) is 0 Å². The smallest absolute Gasteiger partial charge is 0.336 e. The van der Waals surface area contributed by atoms with Crippen LogP contribution >= 0.6 is 0 Å². The molecule has 10 heteroatoms. The van der Waals surface area contributed by atoms with Gasteiger partial charge in [-0.2, -0.15) is 18.3 Å². The van der Waals surface area contributed by atoms with Crippen molar-refractivity contribution in [1.29, 1.82) is 0 Å². The van der Waals surface area contributed by atoms with Crippen LogP contribution in [0.25, 0.3) is 0 Å². The molecule has 0 aliphatic carbocycles. The van der Waals surface area contributed by atoms with Gasteiger partial charge in [-0.05, 0) is 36.6 Å². The first kappa shape index (κ1) is 19.3. The molecule has 1 aliphatic rings. The Bertz CT molecular complexity index is 848. The van der Waals surface area contributed by atoms with Crippen LogP contribution in [0.3, 0.4) is 0 Å². The lowest BCUT2D eigenvalue weighted by Crippen LogP contribution is -2.40. The highest BCUT2D eigenvalue weighted by molar-refractivity contribution is 5.77. The number of nitrogens with one attached hydrogen (secondary N) is 1. The van der Waals surface area contributed by atoms with Gasteiger partial charge in [0, 0.05) is 24.6 Å². The Kier molecular flexibility index (Phi) is 5.18. The fraction of sp³-hybridized carbons (Fsp3) is 0.412. The zero-order valence-corrected chi connectivity index (χ0v) is 14.1. The van der Waals surface area contributed by atoms with E-state index in [0.29, 0.717) is 0 Å². The molecule has 1 amide bonds. The average Bonchev–Trinajstić information content (AvgIpc) is 3.01. The molecule has 5 nitrogen and oxygen atoms in total. The van der Waals surface area contributed by atoms with Gasteiger partial charge < -0.3 is 10.6 Å². The number of amides is 1. The number of benzene rings is 1. The molecule has 1 atom stereocenters. The van der Waals surface area contributed by atoms with E-state index in [1.165, 1.54) is 4.90 Å². The summed E-state index contributed by atoms with van der Waals surface area (Å²) in [5.41, 5.74) is 5.31. The van der Waals surface area contributed by atoms with Crippen molar-refractivity contribution < 1.29 is 26.7 Å². The van der Waals surface area contributed by atoms with E-state index in [-0.39, 0.29) is 55.1 Å². The predicted octanol–water partition coefficient (Wildman–Crippen LogP) is 2.55. The molecule has 3 N–H and O–H groups in total. The van der Waals surface area contributed by atoms with Crippen LogP contribution in [0.1, 0.15) is 28.9 Å². The zero-order chi connectivity index (χ0) is 19.8. The number of aromatic nitrogens is 2. The number of nitrogens with zero attached hydrogens (tertiary/aromatic N) is 2. The van der Waals surface area contributed by atoms with Crippen LogP contribution in [-0.4, -0.2) is 33.6 Å². The minimum atomic E-state index is -4.55. The molecule has 1 aliphatic heterocycles. The number of fused-ring (bicyclic) bond motifs is 1. The van der Waals surface area contributed by atoms with Crippen molar-refractivity contribution >= 4 is 5.91 Å². The van der Waals surface area contributed by atoms with Crippen molar-refractivity contribution in [2.75, 3.05) is 6.54 Å². The van der Waals surface area contributed by atoms with E-state index in [2.05, 4.69) is 10.2 Å². The number of hydrogen-bond donors (Lipinski definition) is 2. The molecule has 1 aromatic carbocycles. The maximum absolute atomic E-state index is 13.7. The van der Waals surface area contributed by atoms with Crippen LogP contribution in [0.4, 0.5) is 22.0 Å². The van der Waals surface area contributed by atoms with Crippen molar-refractivity contribution in [3.8, 4) is 0 Å². The summed E-state index contributed by atoms with van der Waals surface area (Å²) in [5, 5.41) is 5.65. The number of carbonyl (C=O) groups excluding carboxylic acids is 1. The van der Waals surface area contributed by atoms with Crippen molar-refractivity contribution in [3.63, 3.8) is 0 Å². The van der Waals surface area contributed by atoms with E-state index >= 15 is 0 Å². The molecular weight excluding hydrogens is 371 g/mol. The maximum atomic E-state index is 13.7. The molecule has 27 heavy (non-hydrogen) atoms. The summed E-state index contributed by atoms with van der Waals surface area (Å²) in [4.78, 5) is 13.8. The highest BCUT2D eigenvalue weighted by Crippen LogP contribution is 2.33. The van der Waals surface area contributed by atoms with Crippen LogP contribution < -0.4 is 5.73 Å². The van der Waals surface area contributed by atoms with Crippen molar-refractivity contribution in [2.45, 2.75) is 38.0 Å². The number of halogens is 5. The second-order valence-corrected chi connectivity index (χ2v) is 6.50. The van der Waals surface area contributed by atoms with Gasteiger partial charge in [-0.25, -0.2) is 8.78 Å². The highest BCUT2D eigenvalue weighted by Gasteiger charge is 2.39. The van der Waals surface area contributed by atoms with E-state index in [9.17, 15) is 26.7 Å². The number of rotatable bonds is 4. The topological polar surface area (TPSA) is 75.0 Å². The monoisotopic (exact) mass is 388 g/mol. The second-order valence-electron chi connectivity index (χ2n) is 6.50. The molecule has 0 saturated carbocycles. The number of aromatic amines is 1. The van der Waals surface area contributed by atoms with Crippen LogP contribution in [-0.2, 0) is 30.4 Å². The minimum Gasteiger partial charge on any atom is -0.336 e. The van der Waals surface area contributed by atoms with Crippen LogP contribution in [0.2, 0.25) is 0 Å². The molecule has 2 aromatic rings. The summed E-state index contributed by atoms with van der Waals surface area (Å²) in [5.74, 6) is -1.58. The van der Waals surface area contributed by atoms with Gasteiger partial charge in [-0.3, -0.25) is 9.89 Å². The average molecular weight is 388 g/mol. The Morgan fingerprint density at radius 1 is 1.33 bits per heavy atom. The predicted molar refractivity (Wildman–Crippen MR) is 85.4 cm³/mol. The molecule has 0 radical (unpaired) electrons. The number of nitrogens with two attached hydrogens (primary N) is 1. The van der Waals surface area contributed by atoms with Crippen LogP contribution in [0.15, 0.2) is 18.2 Å². The Hall–Kier alpha value is -2.49. The second kappa shape index (κ2) is 7.26. The van der Waals surface area contributed by atoms with E-state index < -0.39 is 29.5 Å². The first-order chi connectivity index (χ1) is 12.6. The van der Waals surface area contributed by atoms with Crippen LogP contribution in [0, 0.1) is 11.6 Å². The first-order valence-corrected chi connectivity index (χ1v) is 8.25. The quantitative estimate of drug-likeness (QED) is 0.791.